The summed E-state index contributed by atoms with van der Waals surface area (Å²) in [5.41, 5.74) is 2.07. The summed E-state index contributed by atoms with van der Waals surface area (Å²) < 4.78 is 0. The second-order valence-electron chi connectivity index (χ2n) is 2.92. The summed E-state index contributed by atoms with van der Waals surface area (Å²) in [6, 6.07) is 5.74. The molecule has 2 heteroatoms. The Morgan fingerprint density at radius 3 is 2.75 bits per heavy atom. The molecule has 0 aliphatic heterocycles. The van der Waals surface area contributed by atoms with Gasteiger partial charge in [-0.1, -0.05) is 12.1 Å². The van der Waals surface area contributed by atoms with Crippen LogP contribution in [0.25, 0.3) is 0 Å². The van der Waals surface area contributed by atoms with Crippen LogP contribution in [0.5, 0.6) is 5.75 Å². The van der Waals surface area contributed by atoms with Crippen molar-refractivity contribution in [2.24, 2.45) is 0 Å². The summed E-state index contributed by atoms with van der Waals surface area (Å²) in [7, 11) is 0. The quantitative estimate of drug-likeness (QED) is 0.717. The molecule has 1 nitrogen and oxygen atoms in total. The highest BCUT2D eigenvalue weighted by Crippen LogP contribution is 2.19. The molecule has 1 rings (SSSR count). The molecule has 0 unspecified atom stereocenters. The Balaban J connectivity index is 2.72. The minimum Gasteiger partial charge on any atom is -0.508 e. The van der Waals surface area contributed by atoms with Gasteiger partial charge < -0.3 is 5.11 Å². The molecule has 1 aromatic carbocycles. The molecule has 1 aromatic rings. The van der Waals surface area contributed by atoms with Crippen molar-refractivity contribution in [3.8, 4) is 5.75 Å². The second kappa shape index (κ2) is 4.36. The number of phenolic OH excluding ortho intramolecular Hbond substituents is 1. The Morgan fingerprint density at radius 2 is 2.17 bits per heavy atom. The van der Waals surface area contributed by atoms with E-state index in [-0.39, 0.29) is 0 Å². The van der Waals surface area contributed by atoms with E-state index in [1.807, 2.05) is 19.1 Å². The fraction of sp³-hybridized carbons (Fsp3) is 0.400. The van der Waals surface area contributed by atoms with Gasteiger partial charge in [0.15, 0.2) is 0 Å². The first-order valence-corrected chi connectivity index (χ1v) is 4.62. The molecule has 0 amide bonds. The van der Waals surface area contributed by atoms with Crippen LogP contribution in [0, 0.1) is 6.92 Å². The Labute approximate surface area is 78.0 Å². The number of benzene rings is 1. The molecule has 0 aliphatic carbocycles. The zero-order valence-corrected chi connectivity index (χ0v) is 7.93. The lowest BCUT2D eigenvalue weighted by molar-refractivity contribution is 0.467. The first-order valence-electron chi connectivity index (χ1n) is 4.08. The summed E-state index contributed by atoms with van der Waals surface area (Å²) in [4.78, 5) is 0. The van der Waals surface area contributed by atoms with Crippen LogP contribution < -0.4 is 0 Å². The average molecular weight is 185 g/mol. The molecule has 12 heavy (non-hydrogen) atoms. The first-order chi connectivity index (χ1) is 5.74. The number of aryl methyl sites for hydroxylation is 2. The van der Waals surface area contributed by atoms with Gasteiger partial charge in [-0.3, -0.25) is 0 Å². The smallest absolute Gasteiger partial charge is 0.119 e. The lowest BCUT2D eigenvalue weighted by Crippen LogP contribution is -1.87. The van der Waals surface area contributed by atoms with Gasteiger partial charge in [0.05, 0.1) is 0 Å². The largest absolute Gasteiger partial charge is 0.508 e. The monoisotopic (exact) mass is 184 g/mol. The van der Waals surface area contributed by atoms with E-state index < -0.39 is 0 Å². The van der Waals surface area contributed by atoms with Gasteiger partial charge in [0.25, 0.3) is 0 Å². The molecule has 1 N–H and O–H groups in total. The van der Waals surface area contributed by atoms with E-state index in [4.69, 9.17) is 11.6 Å². The minimum absolute atomic E-state index is 0.389. The molecular weight excluding hydrogens is 172 g/mol. The van der Waals surface area contributed by atoms with E-state index in [9.17, 15) is 5.11 Å². The SMILES string of the molecule is Cc1ccc(CCCCl)c(O)c1. The molecular formula is C10H13ClO. The maximum Gasteiger partial charge on any atom is 0.119 e. The zero-order chi connectivity index (χ0) is 8.97. The number of hydrogen-bond acceptors (Lipinski definition) is 1. The topological polar surface area (TPSA) is 20.2 Å². The normalized spacial score (nSPS) is 10.2. The minimum atomic E-state index is 0.389. The highest BCUT2D eigenvalue weighted by Gasteiger charge is 1.99. The molecule has 0 spiro atoms. The Hall–Kier alpha value is -0.690. The van der Waals surface area contributed by atoms with Crippen molar-refractivity contribution in [3.63, 3.8) is 0 Å². The van der Waals surface area contributed by atoms with E-state index in [1.165, 1.54) is 0 Å². The van der Waals surface area contributed by atoms with Gasteiger partial charge in [-0.2, -0.15) is 0 Å². The molecule has 0 radical (unpaired) electrons. The van der Waals surface area contributed by atoms with E-state index in [1.54, 1.807) is 6.07 Å². The third kappa shape index (κ3) is 2.42. The van der Waals surface area contributed by atoms with Crippen molar-refractivity contribution in [2.75, 3.05) is 5.88 Å². The van der Waals surface area contributed by atoms with Gasteiger partial charge >= 0.3 is 0 Å². The molecule has 0 atom stereocenters. The fourth-order valence-corrected chi connectivity index (χ4v) is 1.28. The molecule has 66 valence electrons. The first kappa shape index (κ1) is 9.40. The zero-order valence-electron chi connectivity index (χ0n) is 7.18. The van der Waals surface area contributed by atoms with Gasteiger partial charge in [-0.15, -0.1) is 11.6 Å². The summed E-state index contributed by atoms with van der Waals surface area (Å²) in [5, 5.41) is 9.47. The standard InChI is InChI=1S/C10H13ClO/c1-8-4-5-9(3-2-6-11)10(12)7-8/h4-5,7,12H,2-3,6H2,1H3. The van der Waals surface area contributed by atoms with Gasteiger partial charge in [0, 0.05) is 5.88 Å². The van der Waals surface area contributed by atoms with Crippen molar-refractivity contribution < 1.29 is 5.11 Å². The molecule has 0 aliphatic rings. The third-order valence-corrected chi connectivity index (χ3v) is 2.09. The highest BCUT2D eigenvalue weighted by molar-refractivity contribution is 6.17. The number of alkyl halides is 1. The van der Waals surface area contributed by atoms with E-state index in [2.05, 4.69) is 0 Å². The van der Waals surface area contributed by atoms with Crippen LogP contribution >= 0.6 is 11.6 Å². The predicted octanol–water partition coefficient (Wildman–Crippen LogP) is 2.87. The van der Waals surface area contributed by atoms with Crippen LogP contribution in [-0.4, -0.2) is 11.0 Å². The maximum absolute atomic E-state index is 9.47. The lowest BCUT2D eigenvalue weighted by atomic mass is 10.1. The van der Waals surface area contributed by atoms with Crippen molar-refractivity contribution in [2.45, 2.75) is 19.8 Å². The summed E-state index contributed by atoms with van der Waals surface area (Å²) in [6.07, 6.45) is 1.77. The summed E-state index contributed by atoms with van der Waals surface area (Å²) >= 11 is 5.55. The van der Waals surface area contributed by atoms with Crippen LogP contribution in [0.3, 0.4) is 0 Å². The van der Waals surface area contributed by atoms with E-state index in [0.717, 1.165) is 24.0 Å². The molecule has 0 bridgehead atoms. The fourth-order valence-electron chi connectivity index (χ4n) is 1.14. The van der Waals surface area contributed by atoms with Crippen LogP contribution in [0.1, 0.15) is 17.5 Å². The Bertz CT molecular complexity index is 258. The van der Waals surface area contributed by atoms with Crippen LogP contribution in [-0.2, 0) is 6.42 Å². The maximum atomic E-state index is 9.47. The van der Waals surface area contributed by atoms with Crippen LogP contribution in [0.15, 0.2) is 18.2 Å². The van der Waals surface area contributed by atoms with Crippen molar-refractivity contribution in [1.29, 1.82) is 0 Å². The number of phenols is 1. The average Bonchev–Trinajstić information content (AvgIpc) is 2.03. The van der Waals surface area contributed by atoms with Gasteiger partial charge in [-0.25, -0.2) is 0 Å². The van der Waals surface area contributed by atoms with E-state index in [0.29, 0.717) is 11.6 Å². The Kier molecular flexibility index (Phi) is 3.42. The van der Waals surface area contributed by atoms with Crippen molar-refractivity contribution >= 4 is 11.6 Å². The van der Waals surface area contributed by atoms with Gasteiger partial charge in [0.1, 0.15) is 5.75 Å². The summed E-state index contributed by atoms with van der Waals surface area (Å²) in [5.74, 6) is 1.04. The number of halogens is 1. The predicted molar refractivity (Wildman–Crippen MR) is 51.9 cm³/mol. The Morgan fingerprint density at radius 1 is 1.42 bits per heavy atom. The van der Waals surface area contributed by atoms with Crippen LogP contribution in [0.2, 0.25) is 0 Å². The number of rotatable bonds is 3. The van der Waals surface area contributed by atoms with E-state index >= 15 is 0 Å². The highest BCUT2D eigenvalue weighted by atomic mass is 35.5. The molecule has 0 heterocycles. The van der Waals surface area contributed by atoms with Crippen LogP contribution in [0.4, 0.5) is 0 Å². The number of aromatic hydroxyl groups is 1. The van der Waals surface area contributed by atoms with Gasteiger partial charge in [0.2, 0.25) is 0 Å². The van der Waals surface area contributed by atoms with Gasteiger partial charge in [-0.05, 0) is 37.0 Å². The molecule has 0 saturated heterocycles. The van der Waals surface area contributed by atoms with Crippen molar-refractivity contribution in [3.05, 3.63) is 29.3 Å². The molecule has 0 fully saturated rings. The second-order valence-corrected chi connectivity index (χ2v) is 3.30. The third-order valence-electron chi connectivity index (χ3n) is 1.82. The molecule has 0 saturated carbocycles. The molecule has 0 aromatic heterocycles. The summed E-state index contributed by atoms with van der Waals surface area (Å²) in [6.45, 7) is 1.96. The van der Waals surface area contributed by atoms with Crippen molar-refractivity contribution in [1.82, 2.24) is 0 Å². The number of hydrogen-bond donors (Lipinski definition) is 1. The lowest BCUT2D eigenvalue weighted by Gasteiger charge is -2.03.